The smallest absolute Gasteiger partial charge is 0.339 e. The molecule has 1 heterocycles. The lowest BCUT2D eigenvalue weighted by Crippen LogP contribution is -1.96. The number of hydrogen-bond acceptors (Lipinski definition) is 4. The van der Waals surface area contributed by atoms with Crippen LogP contribution in [-0.4, -0.2) is 22.0 Å². The highest BCUT2D eigenvalue weighted by Crippen LogP contribution is 2.28. The average molecular weight is 447 g/mol. The zero-order valence-electron chi connectivity index (χ0n) is 18.9. The van der Waals surface area contributed by atoms with Crippen LogP contribution in [0.1, 0.15) is 77.5 Å². The zero-order chi connectivity index (χ0) is 23.6. The van der Waals surface area contributed by atoms with Crippen LogP contribution in [-0.2, 0) is 6.42 Å². The molecule has 172 valence electrons. The molecule has 0 saturated heterocycles. The molecule has 0 amide bonds. The summed E-state index contributed by atoms with van der Waals surface area (Å²) in [5.74, 6) is -0.713. The molecule has 33 heavy (non-hydrogen) atoms. The van der Waals surface area contributed by atoms with E-state index >= 15 is 0 Å². The molecule has 0 aliphatic heterocycles. The number of rotatable bonds is 12. The Morgan fingerprint density at radius 1 is 0.909 bits per heavy atom. The van der Waals surface area contributed by atoms with E-state index in [1.54, 1.807) is 24.3 Å². The van der Waals surface area contributed by atoms with Gasteiger partial charge in [0.15, 0.2) is 5.78 Å². The highest BCUT2D eigenvalue weighted by Gasteiger charge is 2.13. The lowest BCUT2D eigenvalue weighted by molar-refractivity contribution is 0.0693. The number of aryl methyl sites for hydroxylation is 1. The van der Waals surface area contributed by atoms with Gasteiger partial charge in [0.2, 0.25) is 0 Å². The van der Waals surface area contributed by atoms with Crippen LogP contribution in [0.4, 0.5) is 0 Å². The Labute approximate surface area is 194 Å². The van der Waals surface area contributed by atoms with Crippen molar-refractivity contribution in [2.24, 2.45) is 0 Å². The van der Waals surface area contributed by atoms with Crippen molar-refractivity contribution >= 4 is 17.8 Å². The largest absolute Gasteiger partial charge is 0.507 e. The normalized spacial score (nSPS) is 11.2. The molecule has 0 saturated carbocycles. The summed E-state index contributed by atoms with van der Waals surface area (Å²) in [4.78, 5) is 23.7. The van der Waals surface area contributed by atoms with Gasteiger partial charge in [-0.2, -0.15) is 0 Å². The second kappa shape index (κ2) is 11.9. The third-order valence-electron chi connectivity index (χ3n) is 5.59. The molecule has 0 bridgehead atoms. The maximum Gasteiger partial charge on any atom is 0.339 e. The molecule has 1 aromatic heterocycles. The van der Waals surface area contributed by atoms with E-state index in [0.29, 0.717) is 22.6 Å². The fraction of sp³-hybridized carbons (Fsp3) is 0.286. The molecule has 0 fully saturated rings. The monoisotopic (exact) mass is 446 g/mol. The minimum absolute atomic E-state index is 0.114. The van der Waals surface area contributed by atoms with Gasteiger partial charge < -0.3 is 14.6 Å². The van der Waals surface area contributed by atoms with Crippen molar-refractivity contribution in [3.63, 3.8) is 0 Å². The first-order valence-electron chi connectivity index (χ1n) is 11.5. The number of carboxylic acids is 1. The molecule has 0 radical (unpaired) electrons. The number of phenols is 1. The van der Waals surface area contributed by atoms with Gasteiger partial charge in [0, 0.05) is 11.1 Å². The predicted octanol–water partition coefficient (Wildman–Crippen LogP) is 7.15. The molecule has 2 N–H and O–H groups in total. The third-order valence-corrected chi connectivity index (χ3v) is 5.59. The topological polar surface area (TPSA) is 87.7 Å². The SMILES string of the molecule is CCCCCCCCc1ccc(C(=O)/C=C/c2ccc(-c3ccc(O)c(C(=O)O)c3)o2)cc1. The molecular weight excluding hydrogens is 416 g/mol. The first-order valence-corrected chi connectivity index (χ1v) is 11.5. The fourth-order valence-electron chi connectivity index (χ4n) is 3.66. The number of carboxylic acid groups (broad SMARTS) is 1. The molecule has 0 unspecified atom stereocenters. The summed E-state index contributed by atoms with van der Waals surface area (Å²) >= 11 is 0. The second-order valence-corrected chi connectivity index (χ2v) is 8.15. The fourth-order valence-corrected chi connectivity index (χ4v) is 3.66. The Morgan fingerprint density at radius 3 is 2.36 bits per heavy atom. The second-order valence-electron chi connectivity index (χ2n) is 8.15. The summed E-state index contributed by atoms with van der Waals surface area (Å²) in [6, 6.07) is 15.4. The number of carbonyl (C=O) groups is 2. The Hall–Kier alpha value is -3.60. The highest BCUT2D eigenvalue weighted by atomic mass is 16.4. The minimum atomic E-state index is -1.22. The minimum Gasteiger partial charge on any atom is -0.507 e. The number of aromatic carboxylic acids is 1. The first-order chi connectivity index (χ1) is 16.0. The summed E-state index contributed by atoms with van der Waals surface area (Å²) in [5, 5.41) is 18.8. The molecule has 0 spiro atoms. The van der Waals surface area contributed by atoms with Crippen LogP contribution in [0.3, 0.4) is 0 Å². The Balaban J connectivity index is 1.56. The van der Waals surface area contributed by atoms with Gasteiger partial charge in [-0.1, -0.05) is 63.3 Å². The van der Waals surface area contributed by atoms with Gasteiger partial charge in [-0.05, 0) is 60.9 Å². The van der Waals surface area contributed by atoms with Gasteiger partial charge in [0.05, 0.1) is 0 Å². The maximum absolute atomic E-state index is 12.5. The first kappa shape index (κ1) is 24.1. The van der Waals surface area contributed by atoms with Crippen LogP contribution in [0.5, 0.6) is 5.75 Å². The number of carbonyl (C=O) groups excluding carboxylic acids is 1. The van der Waals surface area contributed by atoms with E-state index in [-0.39, 0.29) is 17.1 Å². The van der Waals surface area contributed by atoms with Gasteiger partial charge in [0.25, 0.3) is 0 Å². The van der Waals surface area contributed by atoms with Gasteiger partial charge in [0.1, 0.15) is 22.8 Å². The summed E-state index contributed by atoms with van der Waals surface area (Å²) in [5.41, 5.74) is 2.19. The van der Waals surface area contributed by atoms with Crippen LogP contribution >= 0.6 is 0 Å². The lowest BCUT2D eigenvalue weighted by atomic mass is 10.0. The number of furan rings is 1. The van der Waals surface area contributed by atoms with E-state index in [0.717, 1.165) is 6.42 Å². The van der Waals surface area contributed by atoms with Gasteiger partial charge in [-0.15, -0.1) is 0 Å². The van der Waals surface area contributed by atoms with Crippen molar-refractivity contribution < 1.29 is 24.2 Å². The van der Waals surface area contributed by atoms with Gasteiger partial charge in [-0.3, -0.25) is 4.79 Å². The standard InChI is InChI=1S/C28H30O5/c1-2-3-4-5-6-7-8-20-9-11-21(12-10-20)25(29)17-14-23-15-18-27(33-23)22-13-16-26(30)24(19-22)28(31)32/h9-19,30H,2-8H2,1H3,(H,31,32)/b17-14+. The molecule has 0 aliphatic carbocycles. The number of unbranched alkanes of at least 4 members (excludes halogenated alkanes) is 5. The predicted molar refractivity (Wildman–Crippen MR) is 130 cm³/mol. The van der Waals surface area contributed by atoms with E-state index < -0.39 is 5.97 Å². The van der Waals surface area contributed by atoms with E-state index in [1.165, 1.54) is 62.3 Å². The molecule has 3 rings (SSSR count). The molecule has 3 aromatic rings. The van der Waals surface area contributed by atoms with Crippen molar-refractivity contribution in [2.75, 3.05) is 0 Å². The van der Waals surface area contributed by atoms with Crippen molar-refractivity contribution in [3.05, 3.63) is 83.1 Å². The molecule has 0 atom stereocenters. The van der Waals surface area contributed by atoms with Crippen molar-refractivity contribution in [2.45, 2.75) is 51.9 Å². The van der Waals surface area contributed by atoms with E-state index in [4.69, 9.17) is 9.52 Å². The number of hydrogen-bond donors (Lipinski definition) is 2. The maximum atomic E-state index is 12.5. The third kappa shape index (κ3) is 6.94. The van der Waals surface area contributed by atoms with Gasteiger partial charge in [-0.25, -0.2) is 4.79 Å². The average Bonchev–Trinajstić information content (AvgIpc) is 3.29. The number of aromatic hydroxyl groups is 1. The van der Waals surface area contributed by atoms with Crippen molar-refractivity contribution in [3.8, 4) is 17.1 Å². The summed E-state index contributed by atoms with van der Waals surface area (Å²) in [7, 11) is 0. The van der Waals surface area contributed by atoms with Crippen LogP contribution in [0.25, 0.3) is 17.4 Å². The van der Waals surface area contributed by atoms with Gasteiger partial charge >= 0.3 is 5.97 Å². The van der Waals surface area contributed by atoms with Crippen LogP contribution < -0.4 is 0 Å². The van der Waals surface area contributed by atoms with Crippen molar-refractivity contribution in [1.29, 1.82) is 0 Å². The quantitative estimate of drug-likeness (QED) is 0.175. The van der Waals surface area contributed by atoms with Crippen LogP contribution in [0.2, 0.25) is 0 Å². The Bertz CT molecular complexity index is 1110. The Morgan fingerprint density at radius 2 is 1.64 bits per heavy atom. The van der Waals surface area contributed by atoms with E-state index in [1.807, 2.05) is 24.3 Å². The summed E-state index contributed by atoms with van der Waals surface area (Å²) in [6.45, 7) is 2.22. The highest BCUT2D eigenvalue weighted by molar-refractivity contribution is 6.06. The molecular formula is C28H30O5. The molecule has 5 nitrogen and oxygen atoms in total. The number of benzene rings is 2. The van der Waals surface area contributed by atoms with Crippen LogP contribution in [0, 0.1) is 0 Å². The zero-order valence-corrected chi connectivity index (χ0v) is 18.9. The Kier molecular flexibility index (Phi) is 8.64. The number of allylic oxidation sites excluding steroid dienone is 1. The summed E-state index contributed by atoms with van der Waals surface area (Å²) < 4.78 is 5.72. The molecule has 2 aromatic carbocycles. The van der Waals surface area contributed by atoms with E-state index in [9.17, 15) is 14.7 Å². The van der Waals surface area contributed by atoms with Crippen LogP contribution in [0.15, 0.2) is 65.1 Å². The molecule has 0 aliphatic rings. The lowest BCUT2D eigenvalue weighted by Gasteiger charge is -2.03. The molecule has 5 heteroatoms. The summed E-state index contributed by atoms with van der Waals surface area (Å²) in [6.07, 6.45) is 11.7. The van der Waals surface area contributed by atoms with E-state index in [2.05, 4.69) is 6.92 Å². The van der Waals surface area contributed by atoms with Crippen molar-refractivity contribution in [1.82, 2.24) is 0 Å². The number of ketones is 1.